The summed E-state index contributed by atoms with van der Waals surface area (Å²) in [5.74, 6) is -0.576. The summed E-state index contributed by atoms with van der Waals surface area (Å²) < 4.78 is 2.50. The van der Waals surface area contributed by atoms with Crippen molar-refractivity contribution in [2.75, 3.05) is 0 Å². The summed E-state index contributed by atoms with van der Waals surface area (Å²) in [6, 6.07) is 22.1. The smallest absolute Gasteiger partial charge is 0.271 e. The lowest BCUT2D eigenvalue weighted by Crippen LogP contribution is -2.15. The van der Waals surface area contributed by atoms with Crippen LogP contribution in [0.5, 0.6) is 0 Å². The second-order valence-electron chi connectivity index (χ2n) is 14.7. The van der Waals surface area contributed by atoms with E-state index < -0.39 is 0 Å². The number of allylic oxidation sites excluding steroid dienone is 4. The van der Waals surface area contributed by atoms with Crippen molar-refractivity contribution in [2.24, 2.45) is 9.98 Å². The summed E-state index contributed by atoms with van der Waals surface area (Å²) in [7, 11) is 0. The summed E-state index contributed by atoms with van der Waals surface area (Å²) in [6.07, 6.45) is 0. The lowest BCUT2D eigenvalue weighted by molar-refractivity contribution is 0.106. The molecule has 8 nitrogen and oxygen atoms in total. The molecule has 0 spiro atoms. The molecule has 0 fully saturated rings. The Bertz CT molecular complexity index is 2980. The molecule has 4 heterocycles. The van der Waals surface area contributed by atoms with Crippen LogP contribution in [0.2, 0.25) is 0 Å². The lowest BCUT2D eigenvalue weighted by atomic mass is 9.82. The van der Waals surface area contributed by atoms with E-state index in [1.807, 2.05) is 12.1 Å². The molecule has 4 aromatic heterocycles. The van der Waals surface area contributed by atoms with Crippen LogP contribution in [-0.4, -0.2) is 23.0 Å². The Morgan fingerprint density at radius 1 is 0.607 bits per heavy atom. The quantitative estimate of drug-likeness (QED) is 0.128. The van der Waals surface area contributed by atoms with Gasteiger partial charge in [-0.3, -0.25) is 9.59 Å². The van der Waals surface area contributed by atoms with Crippen LogP contribution in [0.15, 0.2) is 82.0 Å². The van der Waals surface area contributed by atoms with Gasteiger partial charge < -0.3 is 0 Å². The van der Waals surface area contributed by atoms with Crippen molar-refractivity contribution in [1.82, 2.24) is 0 Å². The van der Waals surface area contributed by atoms with E-state index in [9.17, 15) is 20.1 Å². The molecule has 0 bridgehead atoms. The molecule has 0 radical (unpaired) electrons. The van der Waals surface area contributed by atoms with Crippen molar-refractivity contribution in [3.05, 3.63) is 139 Å². The molecule has 2 aromatic carbocycles. The maximum Gasteiger partial charge on any atom is 0.271 e. The van der Waals surface area contributed by atoms with Gasteiger partial charge in [0.1, 0.15) is 21.4 Å². The van der Waals surface area contributed by atoms with Crippen molar-refractivity contribution in [3.63, 3.8) is 0 Å². The highest BCUT2D eigenvalue weighted by atomic mass is 32.1. The molecular formula is C44H22N6O2S4. The van der Waals surface area contributed by atoms with Crippen LogP contribution >= 0.6 is 45.3 Å². The number of nitriles is 2. The maximum atomic E-state index is 13.6. The predicted octanol–water partition coefficient (Wildman–Crippen LogP) is 11.9. The van der Waals surface area contributed by atoms with Crippen LogP contribution in [-0.2, 0) is 10.8 Å². The Hall–Kier alpha value is -6.38. The van der Waals surface area contributed by atoms with Gasteiger partial charge in [0.2, 0.25) is 11.6 Å². The van der Waals surface area contributed by atoms with Gasteiger partial charge in [0.05, 0.1) is 54.2 Å². The van der Waals surface area contributed by atoms with Gasteiger partial charge in [0.25, 0.3) is 11.4 Å². The lowest BCUT2D eigenvalue weighted by Gasteiger charge is -2.20. The molecule has 4 aliphatic rings. The monoisotopic (exact) mass is 794 g/mol. The van der Waals surface area contributed by atoms with E-state index in [1.54, 1.807) is 71.2 Å². The van der Waals surface area contributed by atoms with Gasteiger partial charge in [-0.05, 0) is 45.5 Å². The van der Waals surface area contributed by atoms with E-state index >= 15 is 0 Å². The minimum absolute atomic E-state index is 0.130. The van der Waals surface area contributed by atoms with Crippen LogP contribution in [0.3, 0.4) is 0 Å². The molecule has 0 saturated carbocycles. The normalized spacial score (nSPS) is 19.5. The Morgan fingerprint density at radius 2 is 0.982 bits per heavy atom. The summed E-state index contributed by atoms with van der Waals surface area (Å²) in [6.45, 7) is 24.2. The highest BCUT2D eigenvalue weighted by Gasteiger charge is 2.47. The first-order chi connectivity index (χ1) is 26.9. The number of benzene rings is 2. The van der Waals surface area contributed by atoms with E-state index in [0.717, 1.165) is 20.9 Å². The van der Waals surface area contributed by atoms with E-state index in [1.165, 1.54) is 53.0 Å². The van der Waals surface area contributed by atoms with Crippen molar-refractivity contribution < 1.29 is 9.59 Å². The fraction of sp³-hybridized carbons (Fsp3) is 0.136. The third-order valence-electron chi connectivity index (χ3n) is 11.1. The van der Waals surface area contributed by atoms with Crippen LogP contribution in [0.1, 0.15) is 81.8 Å². The summed E-state index contributed by atoms with van der Waals surface area (Å²) in [4.78, 5) is 48.4. The number of hydrogen-bond donors (Lipinski definition) is 0. The standard InChI is InChI=1S/C44H22N6O2S4/c1-43(2)23-15-27(49-33-29(25(17-45)47-5)19-11-7-9-13-21(19)35(33)51)53-37(23)39-31(43)41-42(55-39)32-40(56-41)38-24(44(32,3)4)16-28(54-38)50-34-30(26(18-46)48-6)20-12-8-10-14-22(20)36(34)52/h7-16H,1-4H3/b29-25+,30-26?,49-33?,50-34?. The molecule has 0 amide bonds. The van der Waals surface area contributed by atoms with Crippen LogP contribution in [0.4, 0.5) is 10.0 Å². The number of rotatable bonds is 2. The van der Waals surface area contributed by atoms with E-state index in [-0.39, 0.29) is 45.2 Å². The molecule has 264 valence electrons. The minimum Gasteiger partial charge on any atom is -0.287 e. The van der Waals surface area contributed by atoms with Gasteiger partial charge in [-0.25, -0.2) is 30.2 Å². The molecule has 0 saturated heterocycles. The van der Waals surface area contributed by atoms with Gasteiger partial charge in [0, 0.05) is 33.1 Å². The predicted molar refractivity (Wildman–Crippen MR) is 225 cm³/mol. The zero-order valence-corrected chi connectivity index (χ0v) is 33.2. The Morgan fingerprint density at radius 3 is 1.34 bits per heavy atom. The second-order valence-corrected chi connectivity index (χ2v) is 18.8. The molecule has 56 heavy (non-hydrogen) atoms. The highest BCUT2D eigenvalue weighted by Crippen LogP contribution is 2.66. The molecule has 4 aliphatic carbocycles. The molecule has 0 atom stereocenters. The van der Waals surface area contributed by atoms with Crippen LogP contribution in [0, 0.1) is 35.8 Å². The van der Waals surface area contributed by atoms with Gasteiger partial charge in [-0.15, -0.1) is 45.3 Å². The summed E-state index contributed by atoms with van der Waals surface area (Å²) in [5.41, 5.74) is 6.68. The van der Waals surface area contributed by atoms with Gasteiger partial charge >= 0.3 is 0 Å². The summed E-state index contributed by atoms with van der Waals surface area (Å²) in [5, 5.41) is 20.9. The molecule has 0 unspecified atom stereocenters. The van der Waals surface area contributed by atoms with E-state index in [0.29, 0.717) is 43.4 Å². The maximum absolute atomic E-state index is 13.6. The number of nitrogens with zero attached hydrogens (tertiary/aromatic N) is 6. The van der Waals surface area contributed by atoms with Gasteiger partial charge in [0.15, 0.2) is 0 Å². The number of thiophene rings is 4. The number of carbonyl (C=O) groups excluding carboxylic acids is 2. The Kier molecular flexibility index (Phi) is 7.05. The first-order valence-electron chi connectivity index (χ1n) is 17.3. The number of carbonyl (C=O) groups is 2. The van der Waals surface area contributed by atoms with Crippen molar-refractivity contribution in [1.29, 1.82) is 10.5 Å². The third-order valence-corrected chi connectivity index (χ3v) is 16.0. The second kappa shape index (κ2) is 11.6. The van der Waals surface area contributed by atoms with Crippen LogP contribution in [0.25, 0.3) is 49.7 Å². The van der Waals surface area contributed by atoms with Crippen molar-refractivity contribution in [3.8, 4) is 31.6 Å². The topological polar surface area (TPSA) is 115 Å². The molecule has 0 N–H and O–H groups in total. The van der Waals surface area contributed by atoms with Crippen molar-refractivity contribution in [2.45, 2.75) is 38.5 Å². The van der Waals surface area contributed by atoms with Gasteiger partial charge in [-0.2, -0.15) is 0 Å². The number of aliphatic imine (C=N–C) groups is 2. The SMILES string of the molecule is [C-]#[N+]C(C#N)=C1C(=Nc2cc3c(s2)-c2sc4c5c(sc4c2C3(C)C)-c2sc(N=C3C(=O)c4ccccc4/C3=C(/C#N)[N+]#[C-])cc2C5(C)C)C(=O)c2ccccc21. The molecule has 6 aromatic rings. The average Bonchev–Trinajstić information content (AvgIpc) is 4.05. The Balaban J connectivity index is 1.07. The highest BCUT2D eigenvalue weighted by molar-refractivity contribution is 7.35. The molecule has 10 rings (SSSR count). The molecule has 12 heteroatoms. The first-order valence-corrected chi connectivity index (χ1v) is 20.6. The zero-order valence-electron chi connectivity index (χ0n) is 29.9. The van der Waals surface area contributed by atoms with E-state index in [2.05, 4.69) is 49.5 Å². The molecule has 0 aliphatic heterocycles. The average molecular weight is 795 g/mol. The van der Waals surface area contributed by atoms with E-state index in [4.69, 9.17) is 23.1 Å². The fourth-order valence-corrected chi connectivity index (χ4v) is 14.7. The molecular weight excluding hydrogens is 773 g/mol. The first kappa shape index (κ1) is 34.1. The Labute approximate surface area is 336 Å². The fourth-order valence-electron chi connectivity index (χ4n) is 8.51. The number of fused-ring (bicyclic) bond motifs is 11. The summed E-state index contributed by atoms with van der Waals surface area (Å²) >= 11 is 6.65. The largest absolute Gasteiger partial charge is 0.287 e. The zero-order chi connectivity index (χ0) is 39.0. The minimum atomic E-state index is -0.354. The number of Topliss-reactive ketones (excluding diaryl/α,β-unsaturated/α-hetero) is 2. The third kappa shape index (κ3) is 4.27. The van der Waals surface area contributed by atoms with Crippen LogP contribution < -0.4 is 0 Å². The van der Waals surface area contributed by atoms with Crippen molar-refractivity contribution >= 4 is 98.9 Å². The number of hydrogen-bond acceptors (Lipinski definition) is 10. The van der Waals surface area contributed by atoms with Gasteiger partial charge in [-0.1, -0.05) is 76.2 Å². The number of ketones is 2.